The summed E-state index contributed by atoms with van der Waals surface area (Å²) in [6, 6.07) is -0.715. The van der Waals surface area contributed by atoms with Crippen molar-refractivity contribution < 1.29 is 4.79 Å². The lowest BCUT2D eigenvalue weighted by Crippen LogP contribution is -2.34. The van der Waals surface area contributed by atoms with Gasteiger partial charge in [-0.2, -0.15) is 5.53 Å². The Labute approximate surface area is 46.9 Å². The summed E-state index contributed by atoms with van der Waals surface area (Å²) in [5.74, 6) is 5.00. The standard InChI is InChI=1S/C3H8N4O/c1-2-7(5)3(8)6-4/h4H,2,5H2,1H3. The van der Waals surface area contributed by atoms with Gasteiger partial charge in [-0.15, -0.1) is 0 Å². The monoisotopic (exact) mass is 116 g/mol. The maximum atomic E-state index is 10.2. The van der Waals surface area contributed by atoms with Gasteiger partial charge in [0, 0.05) is 6.54 Å². The Balaban J connectivity index is 3.62. The minimum absolute atomic E-state index is 0.376. The smallest absolute Gasteiger partial charge is 0.260 e. The van der Waals surface area contributed by atoms with Crippen LogP contribution in [0.1, 0.15) is 6.92 Å². The first-order valence-corrected chi connectivity index (χ1v) is 2.16. The van der Waals surface area contributed by atoms with Gasteiger partial charge in [-0.3, -0.25) is 5.01 Å². The van der Waals surface area contributed by atoms with E-state index in [1.54, 1.807) is 6.92 Å². The van der Waals surface area contributed by atoms with Crippen molar-refractivity contribution in [3.63, 3.8) is 0 Å². The fraction of sp³-hybridized carbons (Fsp3) is 0.667. The topological polar surface area (TPSA) is 82.5 Å². The summed E-state index contributed by atoms with van der Waals surface area (Å²) in [5, 5.41) is 3.43. The van der Waals surface area contributed by atoms with E-state index < -0.39 is 6.03 Å². The van der Waals surface area contributed by atoms with E-state index in [9.17, 15) is 4.79 Å². The van der Waals surface area contributed by atoms with Crippen molar-refractivity contribution in [2.24, 2.45) is 11.0 Å². The molecule has 5 nitrogen and oxygen atoms in total. The van der Waals surface area contributed by atoms with Crippen LogP contribution >= 0.6 is 0 Å². The van der Waals surface area contributed by atoms with E-state index in [1.807, 2.05) is 0 Å². The number of urea groups is 1. The summed E-state index contributed by atoms with van der Waals surface area (Å²) in [7, 11) is 0. The lowest BCUT2D eigenvalue weighted by Gasteiger charge is -2.06. The second-order valence-corrected chi connectivity index (χ2v) is 1.18. The molecule has 0 aromatic rings. The van der Waals surface area contributed by atoms with Crippen LogP contribution in [0.5, 0.6) is 0 Å². The Bertz CT molecular complexity index is 101. The summed E-state index contributed by atoms with van der Waals surface area (Å²) in [6.07, 6.45) is 0. The molecular formula is C3H8N4O. The maximum absolute atomic E-state index is 10.2. The summed E-state index contributed by atoms with van der Waals surface area (Å²) in [4.78, 5) is 10.2. The second kappa shape index (κ2) is 3.09. The molecule has 0 aromatic heterocycles. The van der Waals surface area contributed by atoms with Crippen LogP contribution in [0.25, 0.3) is 0 Å². The largest absolute Gasteiger partial charge is 0.375 e. The third-order valence-electron chi connectivity index (χ3n) is 0.682. The van der Waals surface area contributed by atoms with Gasteiger partial charge >= 0.3 is 6.03 Å². The fourth-order valence-corrected chi connectivity index (χ4v) is 0.199. The molecule has 8 heavy (non-hydrogen) atoms. The lowest BCUT2D eigenvalue weighted by molar-refractivity contribution is 0.209. The van der Waals surface area contributed by atoms with E-state index >= 15 is 0 Å². The highest BCUT2D eigenvalue weighted by Gasteiger charge is 2.01. The Hall–Kier alpha value is -0.970. The quantitative estimate of drug-likeness (QED) is 0.224. The molecule has 3 N–H and O–H groups in total. The van der Waals surface area contributed by atoms with Gasteiger partial charge in [0.2, 0.25) is 0 Å². The number of hydrazine groups is 1. The van der Waals surface area contributed by atoms with Gasteiger partial charge < -0.3 is 0 Å². The molecule has 46 valence electrons. The van der Waals surface area contributed by atoms with E-state index in [4.69, 9.17) is 11.4 Å². The maximum Gasteiger partial charge on any atom is 0.375 e. The first-order chi connectivity index (χ1) is 3.72. The molecule has 0 bridgehead atoms. The molecule has 0 aliphatic rings. The number of hydrogen-bond acceptors (Lipinski definition) is 3. The molecule has 0 saturated carbocycles. The van der Waals surface area contributed by atoms with Crippen molar-refractivity contribution in [1.82, 2.24) is 5.01 Å². The van der Waals surface area contributed by atoms with E-state index in [-0.39, 0.29) is 0 Å². The number of carbonyl (C=O) groups is 1. The molecule has 0 spiro atoms. The van der Waals surface area contributed by atoms with Gasteiger partial charge in [0.15, 0.2) is 0 Å². The van der Waals surface area contributed by atoms with Gasteiger partial charge in [0.25, 0.3) is 0 Å². The third kappa shape index (κ3) is 1.65. The number of carbonyl (C=O) groups excluding carboxylic acids is 1. The molecule has 0 heterocycles. The highest BCUT2D eigenvalue weighted by Crippen LogP contribution is 1.81. The highest BCUT2D eigenvalue weighted by molar-refractivity contribution is 5.73. The average molecular weight is 116 g/mol. The van der Waals surface area contributed by atoms with Crippen molar-refractivity contribution in [2.75, 3.05) is 6.54 Å². The first-order valence-electron chi connectivity index (χ1n) is 2.16. The second-order valence-electron chi connectivity index (χ2n) is 1.18. The number of hydrogen-bond donors (Lipinski definition) is 2. The van der Waals surface area contributed by atoms with Gasteiger partial charge in [-0.1, -0.05) is 5.11 Å². The molecule has 2 amide bonds. The number of nitrogens with two attached hydrogens (primary N) is 1. The number of nitrogens with one attached hydrogen (secondary N) is 1. The summed E-state index contributed by atoms with van der Waals surface area (Å²) < 4.78 is 0. The molecule has 0 aliphatic heterocycles. The van der Waals surface area contributed by atoms with Crippen molar-refractivity contribution >= 4 is 6.03 Å². The molecule has 0 aromatic carbocycles. The average Bonchev–Trinajstić information content (AvgIpc) is 1.84. The zero-order chi connectivity index (χ0) is 6.57. The normalized spacial score (nSPS) is 8.25. The van der Waals surface area contributed by atoms with Gasteiger partial charge in [0.05, 0.1) is 0 Å². The first kappa shape index (κ1) is 7.03. The SMILES string of the molecule is CCN(N)C(=O)N=N. The van der Waals surface area contributed by atoms with Crippen LogP contribution in [0.4, 0.5) is 4.79 Å². The molecule has 0 radical (unpaired) electrons. The summed E-state index contributed by atoms with van der Waals surface area (Å²) >= 11 is 0. The number of nitrogens with zero attached hydrogens (tertiary/aromatic N) is 2. The van der Waals surface area contributed by atoms with Crippen molar-refractivity contribution in [3.05, 3.63) is 0 Å². The predicted molar refractivity (Wildman–Crippen MR) is 27.1 cm³/mol. The highest BCUT2D eigenvalue weighted by atomic mass is 16.2. The Morgan fingerprint density at radius 3 is 2.62 bits per heavy atom. The van der Waals surface area contributed by atoms with E-state index in [1.165, 1.54) is 0 Å². The van der Waals surface area contributed by atoms with Gasteiger partial charge in [-0.25, -0.2) is 10.6 Å². The van der Waals surface area contributed by atoms with E-state index in [2.05, 4.69) is 5.11 Å². The Morgan fingerprint density at radius 2 is 2.50 bits per heavy atom. The number of rotatable bonds is 1. The minimum Gasteiger partial charge on any atom is -0.260 e. The Kier molecular flexibility index (Phi) is 2.71. The fourth-order valence-electron chi connectivity index (χ4n) is 0.199. The van der Waals surface area contributed by atoms with Crippen molar-refractivity contribution in [2.45, 2.75) is 6.92 Å². The van der Waals surface area contributed by atoms with Crippen molar-refractivity contribution in [3.8, 4) is 0 Å². The van der Waals surface area contributed by atoms with E-state index in [0.29, 0.717) is 6.54 Å². The third-order valence-corrected chi connectivity index (χ3v) is 0.682. The summed E-state index contributed by atoms with van der Waals surface area (Å²) in [5.41, 5.74) is 6.20. The molecule has 0 fully saturated rings. The van der Waals surface area contributed by atoms with Crippen LogP contribution in [0, 0.1) is 5.53 Å². The molecule has 0 unspecified atom stereocenters. The van der Waals surface area contributed by atoms with Crippen LogP contribution in [0.2, 0.25) is 0 Å². The van der Waals surface area contributed by atoms with Gasteiger partial charge in [-0.05, 0) is 6.92 Å². The lowest BCUT2D eigenvalue weighted by atomic mass is 10.7. The van der Waals surface area contributed by atoms with Crippen LogP contribution in [-0.2, 0) is 0 Å². The molecular weight excluding hydrogens is 108 g/mol. The number of amides is 2. The van der Waals surface area contributed by atoms with Crippen LogP contribution in [0.3, 0.4) is 0 Å². The van der Waals surface area contributed by atoms with Gasteiger partial charge in [0.1, 0.15) is 0 Å². The predicted octanol–water partition coefficient (Wildman–Crippen LogP) is 0.333. The molecule has 0 rings (SSSR count). The minimum atomic E-state index is -0.715. The molecule has 5 heteroatoms. The van der Waals surface area contributed by atoms with Crippen LogP contribution in [0.15, 0.2) is 5.11 Å². The van der Waals surface area contributed by atoms with E-state index in [0.717, 1.165) is 5.01 Å². The molecule has 0 atom stereocenters. The summed E-state index contributed by atoms with van der Waals surface area (Å²) in [6.45, 7) is 2.07. The Morgan fingerprint density at radius 1 is 2.00 bits per heavy atom. The zero-order valence-electron chi connectivity index (χ0n) is 4.59. The molecule has 0 aliphatic carbocycles. The van der Waals surface area contributed by atoms with Crippen LogP contribution in [-0.4, -0.2) is 17.6 Å². The van der Waals surface area contributed by atoms with Crippen molar-refractivity contribution in [1.29, 1.82) is 5.53 Å². The molecule has 0 saturated heterocycles. The van der Waals surface area contributed by atoms with Crippen LogP contribution < -0.4 is 5.84 Å². The zero-order valence-corrected chi connectivity index (χ0v) is 4.59.